The van der Waals surface area contributed by atoms with Gasteiger partial charge in [0, 0.05) is 11.9 Å². The number of hydrazone groups is 1. The minimum absolute atomic E-state index is 0.0892. The van der Waals surface area contributed by atoms with Crippen molar-refractivity contribution in [2.75, 3.05) is 5.43 Å². The largest absolute Gasteiger partial charge is 0.455 e. The molecule has 0 radical (unpaired) electrons. The predicted octanol–water partition coefficient (Wildman–Crippen LogP) is 5.15. The average Bonchev–Trinajstić information content (AvgIpc) is 3.23. The first-order valence-corrected chi connectivity index (χ1v) is 9.87. The highest BCUT2D eigenvalue weighted by Gasteiger charge is 2.12. The maximum Gasteiger partial charge on any atom is 0.262 e. The number of hydrogen-bond acceptors (Lipinski definition) is 5. The number of nitrogens with one attached hydrogen (secondary N) is 1. The van der Waals surface area contributed by atoms with Crippen LogP contribution in [0.1, 0.15) is 19.6 Å². The monoisotopic (exact) mass is 396 g/mol. The summed E-state index contributed by atoms with van der Waals surface area (Å²) in [5, 5.41) is 8.39. The van der Waals surface area contributed by atoms with Crippen LogP contribution in [-0.2, 0) is 6.54 Å². The number of fused-ring (bicyclic) bond motifs is 4. The van der Waals surface area contributed by atoms with Gasteiger partial charge in [-0.05, 0) is 48.9 Å². The third kappa shape index (κ3) is 2.93. The predicted molar refractivity (Wildman–Crippen MR) is 121 cm³/mol. The SMILES string of the molecule is CCn1c(N/N=C(/C)c2cc3c(ccc4ccccc43)o2)nc2ccccc2c1=O. The van der Waals surface area contributed by atoms with Crippen LogP contribution in [0, 0.1) is 0 Å². The molecule has 0 aliphatic heterocycles. The molecule has 30 heavy (non-hydrogen) atoms. The van der Waals surface area contributed by atoms with Crippen LogP contribution in [0.5, 0.6) is 0 Å². The molecule has 0 amide bonds. The van der Waals surface area contributed by atoms with Gasteiger partial charge in [0.15, 0.2) is 5.76 Å². The van der Waals surface area contributed by atoms with E-state index in [4.69, 9.17) is 4.42 Å². The lowest BCUT2D eigenvalue weighted by Crippen LogP contribution is -2.23. The Morgan fingerprint density at radius 3 is 2.63 bits per heavy atom. The van der Waals surface area contributed by atoms with Crippen molar-refractivity contribution in [1.29, 1.82) is 0 Å². The highest BCUT2D eigenvalue weighted by molar-refractivity contribution is 6.09. The van der Waals surface area contributed by atoms with Gasteiger partial charge in [0.05, 0.1) is 10.9 Å². The fourth-order valence-electron chi connectivity index (χ4n) is 3.71. The van der Waals surface area contributed by atoms with E-state index in [1.165, 1.54) is 0 Å². The molecular weight excluding hydrogens is 376 g/mol. The quantitative estimate of drug-likeness (QED) is 0.337. The molecule has 5 aromatic rings. The lowest BCUT2D eigenvalue weighted by molar-refractivity contribution is 0.604. The van der Waals surface area contributed by atoms with Crippen molar-refractivity contribution in [3.05, 3.63) is 82.8 Å². The summed E-state index contributed by atoms with van der Waals surface area (Å²) in [7, 11) is 0. The van der Waals surface area contributed by atoms with Crippen molar-refractivity contribution in [3.63, 3.8) is 0 Å². The molecule has 0 saturated carbocycles. The second kappa shape index (κ2) is 7.15. The van der Waals surface area contributed by atoms with Gasteiger partial charge < -0.3 is 4.42 Å². The lowest BCUT2D eigenvalue weighted by Gasteiger charge is -2.10. The Bertz CT molecular complexity index is 1490. The third-order valence-corrected chi connectivity index (χ3v) is 5.28. The summed E-state index contributed by atoms with van der Waals surface area (Å²) in [5.41, 5.74) is 4.98. The molecule has 0 fully saturated rings. The summed E-state index contributed by atoms with van der Waals surface area (Å²) in [6.07, 6.45) is 0. The number of hydrogen-bond donors (Lipinski definition) is 1. The average molecular weight is 396 g/mol. The topological polar surface area (TPSA) is 72.4 Å². The van der Waals surface area contributed by atoms with E-state index in [0.717, 1.165) is 21.7 Å². The molecule has 0 saturated heterocycles. The number of para-hydroxylation sites is 1. The molecule has 1 N–H and O–H groups in total. The van der Waals surface area contributed by atoms with Crippen LogP contribution in [0.25, 0.3) is 32.6 Å². The maximum atomic E-state index is 12.8. The fourth-order valence-corrected chi connectivity index (χ4v) is 3.71. The molecule has 3 aromatic carbocycles. The van der Waals surface area contributed by atoms with Gasteiger partial charge in [-0.3, -0.25) is 9.36 Å². The van der Waals surface area contributed by atoms with Gasteiger partial charge in [0.2, 0.25) is 5.95 Å². The highest BCUT2D eigenvalue weighted by Crippen LogP contribution is 2.28. The van der Waals surface area contributed by atoms with E-state index in [1.807, 2.05) is 56.3 Å². The number of benzene rings is 3. The van der Waals surface area contributed by atoms with Crippen molar-refractivity contribution >= 4 is 44.3 Å². The van der Waals surface area contributed by atoms with E-state index in [9.17, 15) is 4.79 Å². The zero-order valence-corrected chi connectivity index (χ0v) is 16.7. The summed E-state index contributed by atoms with van der Waals surface area (Å²) < 4.78 is 7.59. The van der Waals surface area contributed by atoms with Crippen LogP contribution >= 0.6 is 0 Å². The Labute approximate surface area is 172 Å². The van der Waals surface area contributed by atoms with Gasteiger partial charge in [-0.25, -0.2) is 10.4 Å². The second-order valence-electron chi connectivity index (χ2n) is 7.12. The Kier molecular flexibility index (Phi) is 4.32. The van der Waals surface area contributed by atoms with Crippen LogP contribution in [-0.4, -0.2) is 15.3 Å². The van der Waals surface area contributed by atoms with Gasteiger partial charge in [0.25, 0.3) is 5.56 Å². The highest BCUT2D eigenvalue weighted by atomic mass is 16.3. The van der Waals surface area contributed by atoms with E-state index in [-0.39, 0.29) is 5.56 Å². The van der Waals surface area contributed by atoms with E-state index in [2.05, 4.69) is 33.7 Å². The molecule has 2 heterocycles. The summed E-state index contributed by atoms with van der Waals surface area (Å²) in [4.78, 5) is 17.3. The van der Waals surface area contributed by atoms with Gasteiger partial charge in [-0.1, -0.05) is 42.5 Å². The van der Waals surface area contributed by atoms with Gasteiger partial charge in [0.1, 0.15) is 11.3 Å². The Morgan fingerprint density at radius 1 is 1.03 bits per heavy atom. The number of aromatic nitrogens is 2. The second-order valence-corrected chi connectivity index (χ2v) is 7.12. The maximum absolute atomic E-state index is 12.8. The summed E-state index contributed by atoms with van der Waals surface area (Å²) in [5.74, 6) is 1.07. The fraction of sp³-hybridized carbons (Fsp3) is 0.125. The Morgan fingerprint density at radius 2 is 1.80 bits per heavy atom. The van der Waals surface area contributed by atoms with Crippen LogP contribution in [0.4, 0.5) is 5.95 Å². The molecule has 0 bridgehead atoms. The van der Waals surface area contributed by atoms with E-state index in [1.54, 1.807) is 10.6 Å². The summed E-state index contributed by atoms with van der Waals surface area (Å²) in [6, 6.07) is 21.5. The van der Waals surface area contributed by atoms with Crippen LogP contribution < -0.4 is 11.0 Å². The summed E-state index contributed by atoms with van der Waals surface area (Å²) >= 11 is 0. The zero-order valence-electron chi connectivity index (χ0n) is 16.7. The summed E-state index contributed by atoms with van der Waals surface area (Å²) in [6.45, 7) is 4.26. The van der Waals surface area contributed by atoms with Gasteiger partial charge in [-0.2, -0.15) is 5.10 Å². The first kappa shape index (κ1) is 18.1. The minimum Gasteiger partial charge on any atom is -0.455 e. The lowest BCUT2D eigenvalue weighted by atomic mass is 10.1. The van der Waals surface area contributed by atoms with Crippen LogP contribution in [0.2, 0.25) is 0 Å². The first-order chi connectivity index (χ1) is 14.7. The molecule has 0 spiro atoms. The third-order valence-electron chi connectivity index (χ3n) is 5.28. The molecule has 0 aliphatic rings. The molecular formula is C24H20N4O2. The van der Waals surface area contributed by atoms with Gasteiger partial charge >= 0.3 is 0 Å². The Balaban J connectivity index is 1.55. The van der Waals surface area contributed by atoms with E-state index in [0.29, 0.717) is 34.9 Å². The van der Waals surface area contributed by atoms with E-state index < -0.39 is 0 Å². The van der Waals surface area contributed by atoms with Crippen LogP contribution in [0.15, 0.2) is 81.0 Å². The molecule has 5 rings (SSSR count). The molecule has 6 heteroatoms. The van der Waals surface area contributed by atoms with Crippen molar-refractivity contribution in [1.82, 2.24) is 9.55 Å². The smallest absolute Gasteiger partial charge is 0.262 e. The van der Waals surface area contributed by atoms with E-state index >= 15 is 0 Å². The molecule has 0 unspecified atom stereocenters. The number of rotatable bonds is 4. The van der Waals surface area contributed by atoms with Gasteiger partial charge in [-0.15, -0.1) is 0 Å². The minimum atomic E-state index is -0.0892. The Hall–Kier alpha value is -3.93. The molecule has 148 valence electrons. The standard InChI is InChI=1S/C24H20N4O2/c1-3-28-23(29)18-10-6-7-11-20(18)25-24(28)27-26-15(2)22-14-19-17-9-5-4-8-16(17)12-13-21(19)30-22/h4-14H,3H2,1-2H3,(H,25,27)/b26-15-. The molecule has 6 nitrogen and oxygen atoms in total. The number of nitrogens with zero attached hydrogens (tertiary/aromatic N) is 3. The number of anilines is 1. The van der Waals surface area contributed by atoms with Crippen molar-refractivity contribution < 1.29 is 4.42 Å². The molecule has 0 aliphatic carbocycles. The van der Waals surface area contributed by atoms with Crippen LogP contribution in [0.3, 0.4) is 0 Å². The first-order valence-electron chi connectivity index (χ1n) is 9.87. The molecule has 0 atom stereocenters. The van der Waals surface area contributed by atoms with Crippen molar-refractivity contribution in [2.24, 2.45) is 5.10 Å². The van der Waals surface area contributed by atoms with Crippen molar-refractivity contribution in [2.45, 2.75) is 20.4 Å². The zero-order chi connectivity index (χ0) is 20.7. The normalized spacial score (nSPS) is 12.1. The number of furan rings is 1. The van der Waals surface area contributed by atoms with Crippen molar-refractivity contribution in [3.8, 4) is 0 Å². The molecule has 2 aromatic heterocycles.